The van der Waals surface area contributed by atoms with E-state index in [1.807, 2.05) is 0 Å². The molecule has 3 rings (SSSR count). The van der Waals surface area contributed by atoms with E-state index in [4.69, 9.17) is 0 Å². The van der Waals surface area contributed by atoms with E-state index in [0.29, 0.717) is 6.04 Å². The quantitative estimate of drug-likeness (QED) is 0.930. The van der Waals surface area contributed by atoms with Crippen LogP contribution in [0.2, 0.25) is 0 Å². The van der Waals surface area contributed by atoms with Crippen LogP contribution in [0.1, 0.15) is 29.2 Å². The minimum absolute atomic E-state index is 0.335. The van der Waals surface area contributed by atoms with Crippen molar-refractivity contribution < 1.29 is 0 Å². The number of benzene rings is 2. The first-order chi connectivity index (χ1) is 11.7. The minimum Gasteiger partial charge on any atom is -0.378 e. The van der Waals surface area contributed by atoms with Gasteiger partial charge in [0, 0.05) is 39.4 Å². The summed E-state index contributed by atoms with van der Waals surface area (Å²) in [7, 11) is 4.18. The zero-order valence-electron chi connectivity index (χ0n) is 15.1. The molecule has 2 aromatic carbocycles. The third kappa shape index (κ3) is 3.80. The molecule has 1 aliphatic heterocycles. The fraction of sp³-hybridized carbons (Fsp3) is 0.429. The fourth-order valence-corrected chi connectivity index (χ4v) is 3.56. The maximum Gasteiger partial charge on any atom is 0.0604 e. The third-order valence-corrected chi connectivity index (χ3v) is 4.95. The van der Waals surface area contributed by atoms with Gasteiger partial charge in [0.2, 0.25) is 0 Å². The molecule has 0 aromatic heterocycles. The van der Waals surface area contributed by atoms with Crippen LogP contribution < -0.4 is 10.2 Å². The number of hydrogen-bond acceptors (Lipinski definition) is 3. The lowest BCUT2D eigenvalue weighted by atomic mass is 9.93. The van der Waals surface area contributed by atoms with E-state index in [0.717, 1.165) is 26.2 Å². The van der Waals surface area contributed by atoms with Gasteiger partial charge in [-0.15, -0.1) is 0 Å². The van der Waals surface area contributed by atoms with Gasteiger partial charge in [-0.05, 0) is 48.7 Å². The molecule has 0 amide bonds. The highest BCUT2D eigenvalue weighted by molar-refractivity contribution is 5.48. The zero-order chi connectivity index (χ0) is 16.9. The molecule has 0 spiro atoms. The van der Waals surface area contributed by atoms with Gasteiger partial charge in [-0.2, -0.15) is 0 Å². The second-order valence-corrected chi connectivity index (χ2v) is 6.88. The van der Waals surface area contributed by atoms with Crippen molar-refractivity contribution in [2.75, 3.05) is 45.2 Å². The van der Waals surface area contributed by atoms with Gasteiger partial charge >= 0.3 is 0 Å². The molecule has 0 saturated carbocycles. The van der Waals surface area contributed by atoms with E-state index in [2.05, 4.69) is 84.7 Å². The molecule has 1 fully saturated rings. The van der Waals surface area contributed by atoms with Crippen LogP contribution in [-0.4, -0.2) is 45.2 Å². The minimum atomic E-state index is 0.335. The standard InChI is InChI=1S/C21H29N3/c1-17-7-4-5-8-20(17)21(24-15-6-13-22-14-16-24)18-9-11-19(12-10-18)23(2)3/h4-5,7-12,21-22H,6,13-16H2,1-3H3. The van der Waals surface area contributed by atoms with Gasteiger partial charge in [0.1, 0.15) is 0 Å². The van der Waals surface area contributed by atoms with Crippen LogP contribution in [0, 0.1) is 6.92 Å². The summed E-state index contributed by atoms with van der Waals surface area (Å²) in [5.41, 5.74) is 5.44. The molecule has 0 bridgehead atoms. The van der Waals surface area contributed by atoms with Gasteiger partial charge in [-0.1, -0.05) is 36.4 Å². The largest absolute Gasteiger partial charge is 0.378 e. The van der Waals surface area contributed by atoms with Crippen LogP contribution in [0.3, 0.4) is 0 Å². The van der Waals surface area contributed by atoms with Gasteiger partial charge < -0.3 is 10.2 Å². The van der Waals surface area contributed by atoms with E-state index in [1.165, 1.54) is 28.8 Å². The van der Waals surface area contributed by atoms with Crippen LogP contribution in [0.25, 0.3) is 0 Å². The molecule has 2 aromatic rings. The van der Waals surface area contributed by atoms with E-state index in [1.54, 1.807) is 0 Å². The first kappa shape index (κ1) is 17.0. The van der Waals surface area contributed by atoms with Crippen molar-refractivity contribution in [3.05, 3.63) is 65.2 Å². The first-order valence-electron chi connectivity index (χ1n) is 8.94. The molecule has 3 nitrogen and oxygen atoms in total. The predicted molar refractivity (Wildman–Crippen MR) is 103 cm³/mol. The molecule has 1 N–H and O–H groups in total. The summed E-state index contributed by atoms with van der Waals surface area (Å²) in [4.78, 5) is 4.79. The lowest BCUT2D eigenvalue weighted by Crippen LogP contribution is -2.33. The number of nitrogens with one attached hydrogen (secondary N) is 1. The van der Waals surface area contributed by atoms with Crippen LogP contribution in [0.5, 0.6) is 0 Å². The van der Waals surface area contributed by atoms with Gasteiger partial charge in [0.05, 0.1) is 6.04 Å². The van der Waals surface area contributed by atoms with Gasteiger partial charge in [0.15, 0.2) is 0 Å². The maximum absolute atomic E-state index is 3.53. The molecule has 3 heteroatoms. The Bertz CT molecular complexity index is 640. The average molecular weight is 323 g/mol. The molecular weight excluding hydrogens is 294 g/mol. The van der Waals surface area contributed by atoms with Crippen LogP contribution in [0.15, 0.2) is 48.5 Å². The Morgan fingerprint density at radius 3 is 2.42 bits per heavy atom. The zero-order valence-corrected chi connectivity index (χ0v) is 15.1. The van der Waals surface area contributed by atoms with Crippen molar-refractivity contribution in [2.24, 2.45) is 0 Å². The summed E-state index contributed by atoms with van der Waals surface area (Å²) >= 11 is 0. The van der Waals surface area contributed by atoms with Crippen LogP contribution in [0.4, 0.5) is 5.69 Å². The highest BCUT2D eigenvalue weighted by atomic mass is 15.2. The monoisotopic (exact) mass is 323 g/mol. The van der Waals surface area contributed by atoms with E-state index in [-0.39, 0.29) is 0 Å². The Morgan fingerprint density at radius 1 is 0.958 bits per heavy atom. The molecule has 0 aliphatic carbocycles. The molecule has 1 atom stereocenters. The van der Waals surface area contributed by atoms with E-state index < -0.39 is 0 Å². The molecule has 1 saturated heterocycles. The molecule has 1 aliphatic rings. The highest BCUT2D eigenvalue weighted by Gasteiger charge is 2.24. The number of rotatable bonds is 4. The molecule has 24 heavy (non-hydrogen) atoms. The summed E-state index contributed by atoms with van der Waals surface area (Å²) < 4.78 is 0. The summed E-state index contributed by atoms with van der Waals surface area (Å²) in [5.74, 6) is 0. The van der Waals surface area contributed by atoms with Crippen molar-refractivity contribution in [3.8, 4) is 0 Å². The molecular formula is C21H29N3. The van der Waals surface area contributed by atoms with E-state index >= 15 is 0 Å². The summed E-state index contributed by atoms with van der Waals surface area (Å²) in [5, 5.41) is 3.53. The van der Waals surface area contributed by atoms with Gasteiger partial charge in [-0.25, -0.2) is 0 Å². The second kappa shape index (κ2) is 7.82. The first-order valence-corrected chi connectivity index (χ1v) is 8.94. The smallest absolute Gasteiger partial charge is 0.0604 e. The topological polar surface area (TPSA) is 18.5 Å². The lowest BCUT2D eigenvalue weighted by molar-refractivity contribution is 0.240. The summed E-state index contributed by atoms with van der Waals surface area (Å²) in [6, 6.07) is 18.2. The van der Waals surface area contributed by atoms with Crippen molar-refractivity contribution in [3.63, 3.8) is 0 Å². The molecule has 0 radical (unpaired) electrons. The third-order valence-electron chi connectivity index (χ3n) is 4.95. The number of hydrogen-bond donors (Lipinski definition) is 1. The SMILES string of the molecule is Cc1ccccc1C(c1ccc(N(C)C)cc1)N1CCCNCC1. The maximum atomic E-state index is 3.53. The van der Waals surface area contributed by atoms with E-state index in [9.17, 15) is 0 Å². The van der Waals surface area contributed by atoms with Crippen LogP contribution in [-0.2, 0) is 0 Å². The Labute approximate surface area is 146 Å². The van der Waals surface area contributed by atoms with Crippen molar-refractivity contribution in [1.29, 1.82) is 0 Å². The second-order valence-electron chi connectivity index (χ2n) is 6.88. The number of nitrogens with zero attached hydrogens (tertiary/aromatic N) is 2. The molecule has 1 heterocycles. The summed E-state index contributed by atoms with van der Waals surface area (Å²) in [6.45, 7) is 6.65. The molecule has 1 unspecified atom stereocenters. The van der Waals surface area contributed by atoms with Gasteiger partial charge in [0.25, 0.3) is 0 Å². The Hall–Kier alpha value is -1.84. The van der Waals surface area contributed by atoms with Crippen molar-refractivity contribution >= 4 is 5.69 Å². The average Bonchev–Trinajstić information content (AvgIpc) is 2.87. The Kier molecular flexibility index (Phi) is 5.54. The fourth-order valence-electron chi connectivity index (χ4n) is 3.56. The Balaban J connectivity index is 1.99. The number of aryl methyl sites for hydroxylation is 1. The van der Waals surface area contributed by atoms with Crippen LogP contribution >= 0.6 is 0 Å². The summed E-state index contributed by atoms with van der Waals surface area (Å²) in [6.07, 6.45) is 1.21. The molecule has 128 valence electrons. The van der Waals surface area contributed by atoms with Crippen molar-refractivity contribution in [2.45, 2.75) is 19.4 Å². The number of anilines is 1. The highest BCUT2D eigenvalue weighted by Crippen LogP contribution is 2.32. The Morgan fingerprint density at radius 2 is 1.71 bits per heavy atom. The van der Waals surface area contributed by atoms with Crippen molar-refractivity contribution in [1.82, 2.24) is 10.2 Å². The van der Waals surface area contributed by atoms with Gasteiger partial charge in [-0.3, -0.25) is 4.90 Å². The normalized spacial score (nSPS) is 17.3. The lowest BCUT2D eigenvalue weighted by Gasteiger charge is -2.32. The predicted octanol–water partition coefficient (Wildman–Crippen LogP) is 3.45.